The molecule has 32 heavy (non-hydrogen) atoms. The predicted molar refractivity (Wildman–Crippen MR) is 126 cm³/mol. The van der Waals surface area contributed by atoms with Crippen molar-refractivity contribution in [2.45, 2.75) is 0 Å². The summed E-state index contributed by atoms with van der Waals surface area (Å²) in [7, 11) is 0. The maximum absolute atomic E-state index is 12.4. The largest absolute Gasteiger partial charge is 0.345 e. The van der Waals surface area contributed by atoms with Crippen molar-refractivity contribution in [3.63, 3.8) is 0 Å². The summed E-state index contributed by atoms with van der Waals surface area (Å²) in [5.74, 6) is 0. The van der Waals surface area contributed by atoms with Crippen molar-refractivity contribution in [2.24, 2.45) is 0 Å². The summed E-state index contributed by atoms with van der Waals surface area (Å²) in [4.78, 5) is 41.2. The molecule has 1 aliphatic rings. The molecule has 1 N–H and O–H groups in total. The van der Waals surface area contributed by atoms with Crippen LogP contribution in [0.2, 0.25) is 0 Å². The fourth-order valence-corrected chi connectivity index (χ4v) is 4.59. The Bertz CT molecular complexity index is 1270. The number of nitrogens with one attached hydrogen (secondary N) is 1. The van der Waals surface area contributed by atoms with Crippen molar-refractivity contribution in [1.82, 2.24) is 9.88 Å². The maximum Gasteiger partial charge on any atom is 0.281 e. The third kappa shape index (κ3) is 4.48. The quantitative estimate of drug-likeness (QED) is 0.343. The molecule has 11 nitrogen and oxygen atoms in total. The number of nitrogens with zero attached hydrogens (tertiary/aromatic N) is 5. The molecule has 0 amide bonds. The summed E-state index contributed by atoms with van der Waals surface area (Å²) in [6, 6.07) is 10.2. The van der Waals surface area contributed by atoms with Crippen molar-refractivity contribution >= 4 is 60.9 Å². The molecule has 1 fully saturated rings. The summed E-state index contributed by atoms with van der Waals surface area (Å²) < 4.78 is 0.642. The second-order valence-corrected chi connectivity index (χ2v) is 8.34. The van der Waals surface area contributed by atoms with E-state index in [1.165, 1.54) is 35.6 Å². The molecule has 1 aromatic heterocycles. The first kappa shape index (κ1) is 21.5. The van der Waals surface area contributed by atoms with Gasteiger partial charge in [-0.2, -0.15) is 4.98 Å². The number of thiocarbonyl (C=S) groups is 1. The van der Waals surface area contributed by atoms with E-state index in [-0.39, 0.29) is 16.8 Å². The van der Waals surface area contributed by atoms with Crippen LogP contribution in [0.5, 0.6) is 0 Å². The van der Waals surface area contributed by atoms with E-state index in [0.29, 0.717) is 46.8 Å². The molecule has 0 unspecified atom stereocenters. The van der Waals surface area contributed by atoms with Gasteiger partial charge in [0, 0.05) is 60.8 Å². The minimum atomic E-state index is -0.537. The summed E-state index contributed by atoms with van der Waals surface area (Å²) in [5.41, 5.74) is 0.0346. The standard InChI is InChI=1S/C19H16N6O5S2/c26-17-15-11-14(25(29)30)5-6-16(15)32-19(21-17)23-9-7-22(8-10-23)18(31)20-12-1-3-13(4-2-12)24(27)28/h1-6,11H,7-10H2,(H,20,31). The predicted octanol–water partition coefficient (Wildman–Crippen LogP) is 2.99. The highest BCUT2D eigenvalue weighted by molar-refractivity contribution is 7.80. The molecule has 0 saturated carbocycles. The molecule has 0 aliphatic carbocycles. The van der Waals surface area contributed by atoms with Crippen LogP contribution < -0.4 is 15.8 Å². The highest BCUT2D eigenvalue weighted by atomic mass is 32.1. The molecule has 13 heteroatoms. The van der Waals surface area contributed by atoms with E-state index in [1.807, 2.05) is 9.80 Å². The first-order chi connectivity index (χ1) is 15.3. The maximum atomic E-state index is 12.4. The number of hydrogen-bond donors (Lipinski definition) is 1. The number of fused-ring (bicyclic) bond motifs is 1. The SMILES string of the molecule is O=c1nc(N2CCN(C(=S)Nc3ccc([N+](=O)[O-])cc3)CC2)sc2ccc([N+](=O)[O-])cc12. The second-order valence-electron chi connectivity index (χ2n) is 6.95. The Morgan fingerprint density at radius 1 is 1.00 bits per heavy atom. The zero-order valence-corrected chi connectivity index (χ0v) is 18.1. The van der Waals surface area contributed by atoms with E-state index in [9.17, 15) is 25.0 Å². The molecule has 2 heterocycles. The molecule has 0 bridgehead atoms. The van der Waals surface area contributed by atoms with Crippen LogP contribution in [0.15, 0.2) is 47.3 Å². The van der Waals surface area contributed by atoms with Crippen LogP contribution in [-0.4, -0.2) is 51.0 Å². The van der Waals surface area contributed by atoms with Crippen LogP contribution in [0, 0.1) is 20.2 Å². The zero-order valence-electron chi connectivity index (χ0n) is 16.5. The first-order valence-corrected chi connectivity index (χ1v) is 10.7. The van der Waals surface area contributed by atoms with Crippen molar-refractivity contribution in [2.75, 3.05) is 36.4 Å². The minimum Gasteiger partial charge on any atom is -0.345 e. The smallest absolute Gasteiger partial charge is 0.281 e. The number of aromatic nitrogens is 1. The number of piperazine rings is 1. The van der Waals surface area contributed by atoms with Crippen LogP contribution in [0.1, 0.15) is 0 Å². The van der Waals surface area contributed by atoms with Gasteiger partial charge in [0.05, 0.1) is 15.2 Å². The summed E-state index contributed by atoms with van der Waals surface area (Å²) in [5, 5.41) is 26.1. The third-order valence-corrected chi connectivity index (χ3v) is 6.44. The van der Waals surface area contributed by atoms with E-state index < -0.39 is 15.4 Å². The summed E-state index contributed by atoms with van der Waals surface area (Å²) >= 11 is 6.77. The lowest BCUT2D eigenvalue weighted by Crippen LogP contribution is -2.50. The van der Waals surface area contributed by atoms with Crippen LogP contribution >= 0.6 is 23.6 Å². The van der Waals surface area contributed by atoms with E-state index in [4.69, 9.17) is 12.2 Å². The van der Waals surface area contributed by atoms with Gasteiger partial charge in [-0.1, -0.05) is 11.3 Å². The van der Waals surface area contributed by atoms with E-state index in [0.717, 1.165) is 0 Å². The van der Waals surface area contributed by atoms with E-state index in [2.05, 4.69) is 10.3 Å². The van der Waals surface area contributed by atoms with Gasteiger partial charge in [0.15, 0.2) is 10.2 Å². The van der Waals surface area contributed by atoms with Gasteiger partial charge in [0.1, 0.15) is 0 Å². The fourth-order valence-electron chi connectivity index (χ4n) is 3.26. The summed E-state index contributed by atoms with van der Waals surface area (Å²) in [6.07, 6.45) is 0. The summed E-state index contributed by atoms with van der Waals surface area (Å²) in [6.45, 7) is 2.37. The molecule has 164 valence electrons. The van der Waals surface area contributed by atoms with Gasteiger partial charge in [0.25, 0.3) is 16.9 Å². The van der Waals surface area contributed by atoms with Gasteiger partial charge in [-0.15, -0.1) is 0 Å². The number of nitro groups is 2. The van der Waals surface area contributed by atoms with Crippen molar-refractivity contribution in [3.8, 4) is 0 Å². The molecule has 2 aromatic carbocycles. The molecule has 4 rings (SSSR count). The molecular weight excluding hydrogens is 456 g/mol. The highest BCUT2D eigenvalue weighted by Gasteiger charge is 2.22. The van der Waals surface area contributed by atoms with Crippen molar-refractivity contribution in [1.29, 1.82) is 0 Å². The van der Waals surface area contributed by atoms with Crippen LogP contribution in [0.4, 0.5) is 22.2 Å². The topological polar surface area (TPSA) is 135 Å². The first-order valence-electron chi connectivity index (χ1n) is 9.46. The Morgan fingerprint density at radius 3 is 2.25 bits per heavy atom. The monoisotopic (exact) mass is 472 g/mol. The highest BCUT2D eigenvalue weighted by Crippen LogP contribution is 2.27. The lowest BCUT2D eigenvalue weighted by atomic mass is 10.2. The molecule has 3 aromatic rings. The fraction of sp³-hybridized carbons (Fsp3) is 0.211. The number of rotatable bonds is 4. The second kappa shape index (κ2) is 8.80. The van der Waals surface area contributed by atoms with Gasteiger partial charge in [0.2, 0.25) is 0 Å². The van der Waals surface area contributed by atoms with Crippen LogP contribution in [-0.2, 0) is 0 Å². The molecule has 0 radical (unpaired) electrons. The Labute approximate surface area is 190 Å². The van der Waals surface area contributed by atoms with Crippen molar-refractivity contribution < 1.29 is 9.85 Å². The molecule has 1 saturated heterocycles. The number of benzene rings is 2. The average molecular weight is 473 g/mol. The number of non-ortho nitro benzene ring substituents is 2. The number of hydrogen-bond acceptors (Lipinski definition) is 9. The Morgan fingerprint density at radius 2 is 1.62 bits per heavy atom. The van der Waals surface area contributed by atoms with Gasteiger partial charge >= 0.3 is 0 Å². The minimum absolute atomic E-state index is 0.00608. The Balaban J connectivity index is 1.41. The normalized spacial score (nSPS) is 13.8. The van der Waals surface area contributed by atoms with Gasteiger partial charge in [-0.05, 0) is 30.4 Å². The lowest BCUT2D eigenvalue weighted by molar-refractivity contribution is -0.385. The van der Waals surface area contributed by atoms with Gasteiger partial charge < -0.3 is 15.1 Å². The molecule has 1 aliphatic heterocycles. The van der Waals surface area contributed by atoms with Gasteiger partial charge in [-0.3, -0.25) is 25.0 Å². The van der Waals surface area contributed by atoms with E-state index >= 15 is 0 Å². The zero-order chi connectivity index (χ0) is 22.8. The average Bonchev–Trinajstić information content (AvgIpc) is 2.79. The number of nitro benzene ring substituents is 2. The Kier molecular flexibility index (Phi) is 5.92. The molecular formula is C19H16N6O5S2. The molecule has 0 spiro atoms. The van der Waals surface area contributed by atoms with Crippen LogP contribution in [0.3, 0.4) is 0 Å². The van der Waals surface area contributed by atoms with Crippen molar-refractivity contribution in [3.05, 3.63) is 73.0 Å². The third-order valence-electron chi connectivity index (χ3n) is 4.97. The number of anilines is 2. The van der Waals surface area contributed by atoms with Gasteiger partial charge in [-0.25, -0.2) is 0 Å². The van der Waals surface area contributed by atoms with E-state index in [1.54, 1.807) is 18.2 Å². The Hall–Kier alpha value is -3.71. The lowest BCUT2D eigenvalue weighted by Gasteiger charge is -2.36. The van der Waals surface area contributed by atoms with Crippen LogP contribution in [0.25, 0.3) is 10.1 Å². The molecule has 0 atom stereocenters.